The first-order valence-electron chi connectivity index (χ1n) is 16.2. The molecule has 0 fully saturated rings. The molecule has 5 aromatic rings. The van der Waals surface area contributed by atoms with Crippen LogP contribution in [-0.4, -0.2) is 51.9 Å². The van der Waals surface area contributed by atoms with Gasteiger partial charge in [-0.05, 0) is 55.3 Å². The topological polar surface area (TPSA) is 167 Å². The monoisotopic (exact) mass is 735 g/mol. The molecule has 53 heavy (non-hydrogen) atoms. The highest BCUT2D eigenvalue weighted by molar-refractivity contribution is 6.02. The summed E-state index contributed by atoms with van der Waals surface area (Å²) >= 11 is 0. The van der Waals surface area contributed by atoms with Crippen LogP contribution < -0.4 is 15.4 Å². The molecule has 3 aromatic heterocycles. The highest BCUT2D eigenvalue weighted by Gasteiger charge is 2.35. The number of H-pyrrole nitrogens is 1. The minimum absolute atomic E-state index is 0.0638. The Bertz CT molecular complexity index is 2230. The lowest BCUT2D eigenvalue weighted by molar-refractivity contribution is -0.614. The maximum Gasteiger partial charge on any atom is 0.419 e. The summed E-state index contributed by atoms with van der Waals surface area (Å²) in [5.74, 6) is -2.36. The summed E-state index contributed by atoms with van der Waals surface area (Å²) in [6, 6.07) is 11.0. The Morgan fingerprint density at radius 1 is 1.08 bits per heavy atom. The second kappa shape index (κ2) is 14.0. The Labute approximate surface area is 299 Å². The molecular formula is C36H33F4N7O6. The number of amides is 2. The molecule has 1 atom stereocenters. The van der Waals surface area contributed by atoms with Gasteiger partial charge in [-0.3, -0.25) is 10.1 Å². The van der Waals surface area contributed by atoms with Gasteiger partial charge >= 0.3 is 18.2 Å². The number of pyridine rings is 1. The lowest BCUT2D eigenvalue weighted by Crippen LogP contribution is -2.34. The van der Waals surface area contributed by atoms with E-state index < -0.39 is 41.0 Å². The average Bonchev–Trinajstić information content (AvgIpc) is 3.79. The molecule has 1 unspecified atom stereocenters. The molecule has 4 heterocycles. The van der Waals surface area contributed by atoms with Gasteiger partial charge in [0.1, 0.15) is 23.3 Å². The molecule has 2 aromatic carbocycles. The number of fused-ring (bicyclic) bond motifs is 4. The number of aromatic amines is 1. The molecule has 1 aliphatic heterocycles. The minimum atomic E-state index is -4.66. The Hall–Kier alpha value is -6.26. The second-order valence-corrected chi connectivity index (χ2v) is 13.0. The predicted molar refractivity (Wildman–Crippen MR) is 182 cm³/mol. The first kappa shape index (κ1) is 36.5. The molecular weight excluding hydrogens is 702 g/mol. The van der Waals surface area contributed by atoms with Gasteiger partial charge in [-0.15, -0.1) is 0 Å². The zero-order chi connectivity index (χ0) is 38.2. The number of carbonyl (C=O) groups is 3. The van der Waals surface area contributed by atoms with E-state index in [0.29, 0.717) is 35.8 Å². The van der Waals surface area contributed by atoms with Crippen molar-refractivity contribution >= 4 is 29.3 Å². The van der Waals surface area contributed by atoms with Crippen molar-refractivity contribution in [3.63, 3.8) is 0 Å². The number of hydrogen-bond donors (Lipinski definition) is 3. The number of aromatic nitrogens is 5. The summed E-state index contributed by atoms with van der Waals surface area (Å²) in [6.07, 6.45) is -1.73. The van der Waals surface area contributed by atoms with E-state index in [1.165, 1.54) is 50.7 Å². The Morgan fingerprint density at radius 3 is 2.53 bits per heavy atom. The molecule has 6 rings (SSSR count). The molecule has 13 nitrogen and oxygen atoms in total. The lowest BCUT2D eigenvalue weighted by atomic mass is 9.83. The smallest absolute Gasteiger partial charge is 0.419 e. The molecule has 17 heteroatoms. The standard InChI is InChI=1S/C36H33F4N7O6/c1-35(2)13-5-6-24(28-11-7-19(17-47(28)51)25-14-21(37)8-12-27(25)46-18-20(16-41-46)36(38,39)40)31-44-29(30(45-31)32(48)52-3)23-10-9-22(42-34(50)53-4)15-26(23)43-33(35)49/h7-12,14-18,24H,5-6,13H2,1-4H3,(H,42,50)(H,43,49)(H,44,45). The zero-order valence-corrected chi connectivity index (χ0v) is 28.8. The summed E-state index contributed by atoms with van der Waals surface area (Å²) in [6.45, 7) is 3.53. The molecule has 276 valence electrons. The van der Waals surface area contributed by atoms with Crippen LogP contribution >= 0.6 is 0 Å². The fourth-order valence-corrected chi connectivity index (χ4v) is 6.14. The minimum Gasteiger partial charge on any atom is -0.618 e. The molecule has 0 saturated heterocycles. The van der Waals surface area contributed by atoms with E-state index in [2.05, 4.69) is 20.7 Å². The molecule has 2 bridgehead atoms. The van der Waals surface area contributed by atoms with Crippen molar-refractivity contribution < 1.29 is 46.1 Å². The van der Waals surface area contributed by atoms with Crippen LogP contribution in [0.25, 0.3) is 28.1 Å². The van der Waals surface area contributed by atoms with Crippen LogP contribution in [0.1, 0.15) is 66.6 Å². The summed E-state index contributed by atoms with van der Waals surface area (Å²) in [7, 11) is 2.39. The van der Waals surface area contributed by atoms with Crippen LogP contribution in [0.2, 0.25) is 0 Å². The number of rotatable bonds is 5. The van der Waals surface area contributed by atoms with Gasteiger partial charge in [-0.1, -0.05) is 20.3 Å². The zero-order valence-electron chi connectivity index (χ0n) is 28.8. The molecule has 0 spiro atoms. The van der Waals surface area contributed by atoms with Gasteiger partial charge in [0.05, 0.1) is 37.4 Å². The van der Waals surface area contributed by atoms with Crippen LogP contribution in [0.5, 0.6) is 0 Å². The largest absolute Gasteiger partial charge is 0.618 e. The number of alkyl halides is 3. The van der Waals surface area contributed by atoms with E-state index >= 15 is 0 Å². The average molecular weight is 736 g/mol. The van der Waals surface area contributed by atoms with E-state index in [-0.39, 0.29) is 57.0 Å². The number of anilines is 2. The third-order valence-corrected chi connectivity index (χ3v) is 9.03. The van der Waals surface area contributed by atoms with Gasteiger partial charge < -0.3 is 25.0 Å². The maximum atomic E-state index is 14.5. The van der Waals surface area contributed by atoms with E-state index in [4.69, 9.17) is 14.5 Å². The number of nitrogens with zero attached hydrogens (tertiary/aromatic N) is 4. The van der Waals surface area contributed by atoms with Gasteiger partial charge in [0.2, 0.25) is 11.6 Å². The summed E-state index contributed by atoms with van der Waals surface area (Å²) < 4.78 is 65.8. The number of halogens is 4. The highest BCUT2D eigenvalue weighted by atomic mass is 19.4. The van der Waals surface area contributed by atoms with Crippen molar-refractivity contribution in [2.24, 2.45) is 5.41 Å². The SMILES string of the molecule is COC(=O)Nc1ccc2c(c1)NC(=O)C(C)(C)CCCC(c1ccc(-c3cc(F)ccc3-n3cc(C(F)(F)F)cn3)c[n+]1[O-])c1nc-2c(C(=O)OC)[nH]1. The number of benzene rings is 2. The summed E-state index contributed by atoms with van der Waals surface area (Å²) in [4.78, 5) is 46.5. The molecule has 0 saturated carbocycles. The van der Waals surface area contributed by atoms with Gasteiger partial charge in [-0.2, -0.15) is 23.0 Å². The Balaban J connectivity index is 1.47. The third-order valence-electron chi connectivity index (χ3n) is 9.03. The van der Waals surface area contributed by atoms with Crippen molar-refractivity contribution in [2.75, 3.05) is 24.9 Å². The quantitative estimate of drug-likeness (QED) is 0.0754. The molecule has 0 aliphatic carbocycles. The van der Waals surface area contributed by atoms with Crippen LogP contribution in [0.3, 0.4) is 0 Å². The van der Waals surface area contributed by atoms with Crippen molar-refractivity contribution in [3.05, 3.63) is 101 Å². The van der Waals surface area contributed by atoms with Gasteiger partial charge in [0.25, 0.3) is 0 Å². The number of imidazole rings is 1. The van der Waals surface area contributed by atoms with Crippen LogP contribution in [0, 0.1) is 16.4 Å². The number of hydrogen-bond acceptors (Lipinski definition) is 8. The van der Waals surface area contributed by atoms with Crippen molar-refractivity contribution in [1.29, 1.82) is 0 Å². The number of methoxy groups -OCH3 is 2. The molecule has 2 amide bonds. The van der Waals surface area contributed by atoms with Crippen LogP contribution in [0.15, 0.2) is 67.1 Å². The number of esters is 1. The van der Waals surface area contributed by atoms with Gasteiger partial charge in [-0.25, -0.2) is 23.6 Å². The second-order valence-electron chi connectivity index (χ2n) is 13.0. The summed E-state index contributed by atoms with van der Waals surface area (Å²) in [5, 5.41) is 23.1. The van der Waals surface area contributed by atoms with E-state index in [1.54, 1.807) is 19.9 Å². The van der Waals surface area contributed by atoms with Crippen LogP contribution in [0.4, 0.5) is 33.7 Å². The number of carbonyl (C=O) groups excluding carboxylic acids is 3. The number of nitrogens with one attached hydrogen (secondary N) is 3. The molecule has 0 radical (unpaired) electrons. The normalized spacial score (nSPS) is 15.7. The third kappa shape index (κ3) is 7.40. The fraction of sp³-hybridized carbons (Fsp3) is 0.278. The Morgan fingerprint density at radius 2 is 1.85 bits per heavy atom. The molecule has 1 aliphatic rings. The van der Waals surface area contributed by atoms with Gasteiger partial charge in [0, 0.05) is 40.1 Å². The van der Waals surface area contributed by atoms with E-state index in [0.717, 1.165) is 23.0 Å². The maximum absolute atomic E-state index is 14.5. The Kier molecular flexibility index (Phi) is 9.68. The predicted octanol–water partition coefficient (Wildman–Crippen LogP) is 6.97. The van der Waals surface area contributed by atoms with E-state index in [9.17, 15) is 37.2 Å². The van der Waals surface area contributed by atoms with Gasteiger partial charge in [0.15, 0.2) is 11.9 Å². The summed E-state index contributed by atoms with van der Waals surface area (Å²) in [5.41, 5.74) is -0.478. The number of ether oxygens (including phenoxy) is 2. The highest BCUT2D eigenvalue weighted by Crippen LogP contribution is 2.39. The van der Waals surface area contributed by atoms with Crippen molar-refractivity contribution in [2.45, 2.75) is 45.2 Å². The van der Waals surface area contributed by atoms with E-state index in [1.807, 2.05) is 0 Å². The first-order chi connectivity index (χ1) is 25.1. The fourth-order valence-electron chi connectivity index (χ4n) is 6.14. The molecule has 3 N–H and O–H groups in total. The lowest BCUT2D eigenvalue weighted by Gasteiger charge is -2.26. The first-order valence-corrected chi connectivity index (χ1v) is 16.2. The van der Waals surface area contributed by atoms with Crippen molar-refractivity contribution in [1.82, 2.24) is 19.7 Å². The van der Waals surface area contributed by atoms with Crippen LogP contribution in [-0.2, 0) is 20.4 Å². The van der Waals surface area contributed by atoms with Crippen molar-refractivity contribution in [3.8, 4) is 28.1 Å².